The Morgan fingerprint density at radius 3 is 2.76 bits per heavy atom. The van der Waals surface area contributed by atoms with Crippen molar-refractivity contribution < 1.29 is 9.53 Å². The predicted octanol–water partition coefficient (Wildman–Crippen LogP) is 2.64. The molecule has 1 fully saturated rings. The van der Waals surface area contributed by atoms with Crippen LogP contribution in [0.2, 0.25) is 0 Å². The van der Waals surface area contributed by atoms with Crippen molar-refractivity contribution in [2.45, 2.75) is 45.7 Å². The number of piperidine rings is 1. The summed E-state index contributed by atoms with van der Waals surface area (Å²) in [6, 6.07) is 6.41. The number of hydrogen-bond acceptors (Lipinski definition) is 5. The van der Waals surface area contributed by atoms with Gasteiger partial charge < -0.3 is 15.0 Å². The number of carbonyl (C=O) groups is 1. The molecule has 0 aromatic carbocycles. The molecule has 1 saturated heterocycles. The summed E-state index contributed by atoms with van der Waals surface area (Å²) in [5.74, 6) is 1.33. The largest absolute Gasteiger partial charge is 0.450 e. The summed E-state index contributed by atoms with van der Waals surface area (Å²) in [4.78, 5) is 13.6. The standard InChI is InChI=1S/C18H27N5O2/c1-4-25-18(24)22-11-8-14(9-12-22)19-16(13(2)3)17-21-20-15-7-5-6-10-23(15)17/h5-7,10,13-14,16,19H,4,8-9,11-12H2,1-3H3/t16-/m1/s1. The number of aromatic nitrogens is 3. The van der Waals surface area contributed by atoms with Gasteiger partial charge in [-0.1, -0.05) is 19.9 Å². The van der Waals surface area contributed by atoms with Gasteiger partial charge in [-0.05, 0) is 37.8 Å². The molecule has 1 amide bonds. The van der Waals surface area contributed by atoms with Crippen molar-refractivity contribution in [1.82, 2.24) is 24.8 Å². The third-order valence-corrected chi connectivity index (χ3v) is 4.72. The second kappa shape index (κ2) is 7.82. The van der Waals surface area contributed by atoms with E-state index in [9.17, 15) is 4.79 Å². The van der Waals surface area contributed by atoms with Crippen LogP contribution in [-0.2, 0) is 4.74 Å². The van der Waals surface area contributed by atoms with E-state index in [-0.39, 0.29) is 12.1 Å². The van der Waals surface area contributed by atoms with E-state index < -0.39 is 0 Å². The second-order valence-electron chi connectivity index (χ2n) is 6.84. The van der Waals surface area contributed by atoms with Gasteiger partial charge in [-0.2, -0.15) is 0 Å². The Hall–Kier alpha value is -2.15. The van der Waals surface area contributed by atoms with Gasteiger partial charge >= 0.3 is 6.09 Å². The Balaban J connectivity index is 1.67. The Labute approximate surface area is 148 Å². The maximum atomic E-state index is 11.8. The summed E-state index contributed by atoms with van der Waals surface area (Å²) in [7, 11) is 0. The fraction of sp³-hybridized carbons (Fsp3) is 0.611. The first kappa shape index (κ1) is 17.7. The Morgan fingerprint density at radius 2 is 2.08 bits per heavy atom. The van der Waals surface area contributed by atoms with Crippen molar-refractivity contribution in [3.63, 3.8) is 0 Å². The molecule has 136 valence electrons. The van der Waals surface area contributed by atoms with Crippen molar-refractivity contribution >= 4 is 11.7 Å². The molecule has 7 nitrogen and oxygen atoms in total. The van der Waals surface area contributed by atoms with Crippen LogP contribution in [0.15, 0.2) is 24.4 Å². The summed E-state index contributed by atoms with van der Waals surface area (Å²) < 4.78 is 7.14. The zero-order valence-corrected chi connectivity index (χ0v) is 15.2. The van der Waals surface area contributed by atoms with Gasteiger partial charge in [0.15, 0.2) is 11.5 Å². The summed E-state index contributed by atoms with van der Waals surface area (Å²) in [5, 5.41) is 12.4. The van der Waals surface area contributed by atoms with E-state index in [0.717, 1.165) is 37.4 Å². The molecular weight excluding hydrogens is 318 g/mol. The van der Waals surface area contributed by atoms with Crippen molar-refractivity contribution in [2.24, 2.45) is 5.92 Å². The zero-order valence-electron chi connectivity index (χ0n) is 15.2. The van der Waals surface area contributed by atoms with Gasteiger partial charge in [0.1, 0.15) is 0 Å². The third-order valence-electron chi connectivity index (χ3n) is 4.72. The molecule has 1 aliphatic heterocycles. The van der Waals surface area contributed by atoms with Gasteiger partial charge in [0.25, 0.3) is 0 Å². The minimum Gasteiger partial charge on any atom is -0.450 e. The second-order valence-corrected chi connectivity index (χ2v) is 6.84. The fourth-order valence-electron chi connectivity index (χ4n) is 3.33. The van der Waals surface area contributed by atoms with Crippen LogP contribution in [0.1, 0.15) is 45.5 Å². The molecule has 0 aliphatic carbocycles. The number of hydrogen-bond donors (Lipinski definition) is 1. The van der Waals surface area contributed by atoms with E-state index in [1.165, 1.54) is 0 Å². The normalized spacial score (nSPS) is 17.2. The average Bonchev–Trinajstić information content (AvgIpc) is 3.04. The highest BCUT2D eigenvalue weighted by Crippen LogP contribution is 2.24. The number of likely N-dealkylation sites (tertiary alicyclic amines) is 1. The molecule has 1 aliphatic rings. The van der Waals surface area contributed by atoms with E-state index in [1.54, 1.807) is 4.90 Å². The summed E-state index contributed by atoms with van der Waals surface area (Å²) in [5.41, 5.74) is 0.863. The van der Waals surface area contributed by atoms with Gasteiger partial charge in [0.2, 0.25) is 0 Å². The van der Waals surface area contributed by atoms with Crippen molar-refractivity contribution in [2.75, 3.05) is 19.7 Å². The highest BCUT2D eigenvalue weighted by Gasteiger charge is 2.28. The Morgan fingerprint density at radius 1 is 1.32 bits per heavy atom. The topological polar surface area (TPSA) is 71.8 Å². The van der Waals surface area contributed by atoms with Gasteiger partial charge in [-0.3, -0.25) is 4.40 Å². The van der Waals surface area contributed by atoms with Crippen LogP contribution in [0.3, 0.4) is 0 Å². The summed E-state index contributed by atoms with van der Waals surface area (Å²) in [6.07, 6.45) is 3.63. The first-order valence-corrected chi connectivity index (χ1v) is 9.07. The summed E-state index contributed by atoms with van der Waals surface area (Å²) in [6.45, 7) is 8.09. The lowest BCUT2D eigenvalue weighted by Crippen LogP contribution is -2.47. The minimum atomic E-state index is -0.204. The average molecular weight is 345 g/mol. The fourth-order valence-corrected chi connectivity index (χ4v) is 3.33. The molecule has 2 aromatic rings. The zero-order chi connectivity index (χ0) is 17.8. The molecule has 0 spiro atoms. The Bertz CT molecular complexity index is 706. The number of nitrogens with zero attached hydrogens (tertiary/aromatic N) is 4. The molecule has 1 N–H and O–H groups in total. The molecule has 7 heteroatoms. The molecule has 3 heterocycles. The van der Waals surface area contributed by atoms with Crippen LogP contribution in [0.4, 0.5) is 4.79 Å². The SMILES string of the molecule is CCOC(=O)N1CCC(N[C@@H](c2nnc3ccccn23)C(C)C)CC1. The maximum absolute atomic E-state index is 11.8. The quantitative estimate of drug-likeness (QED) is 0.902. The molecule has 2 aromatic heterocycles. The van der Waals surface area contributed by atoms with E-state index >= 15 is 0 Å². The Kier molecular flexibility index (Phi) is 5.53. The highest BCUT2D eigenvalue weighted by molar-refractivity contribution is 5.67. The number of nitrogens with one attached hydrogen (secondary N) is 1. The lowest BCUT2D eigenvalue weighted by molar-refractivity contribution is 0.0933. The van der Waals surface area contributed by atoms with Crippen LogP contribution < -0.4 is 5.32 Å². The molecule has 0 bridgehead atoms. The maximum Gasteiger partial charge on any atom is 0.409 e. The van der Waals surface area contributed by atoms with Crippen molar-refractivity contribution in [3.05, 3.63) is 30.2 Å². The van der Waals surface area contributed by atoms with Crippen LogP contribution in [0, 0.1) is 5.92 Å². The number of pyridine rings is 1. The predicted molar refractivity (Wildman–Crippen MR) is 95.3 cm³/mol. The number of amides is 1. The van der Waals surface area contributed by atoms with Crippen molar-refractivity contribution in [1.29, 1.82) is 0 Å². The molecule has 1 atom stereocenters. The lowest BCUT2D eigenvalue weighted by Gasteiger charge is -2.34. The summed E-state index contributed by atoms with van der Waals surface area (Å²) >= 11 is 0. The number of carbonyl (C=O) groups excluding carboxylic acids is 1. The van der Waals surface area contributed by atoms with Crippen LogP contribution >= 0.6 is 0 Å². The first-order chi connectivity index (χ1) is 12.1. The third kappa shape index (κ3) is 3.92. The minimum absolute atomic E-state index is 0.122. The van der Waals surface area contributed by atoms with Crippen LogP contribution in [0.25, 0.3) is 5.65 Å². The monoisotopic (exact) mass is 345 g/mol. The molecular formula is C18H27N5O2. The molecule has 0 saturated carbocycles. The molecule has 3 rings (SSSR count). The lowest BCUT2D eigenvalue weighted by atomic mass is 9.98. The smallest absolute Gasteiger partial charge is 0.409 e. The molecule has 25 heavy (non-hydrogen) atoms. The van der Waals surface area contributed by atoms with Gasteiger partial charge in [-0.25, -0.2) is 4.79 Å². The van der Waals surface area contributed by atoms with E-state index in [2.05, 4.69) is 29.4 Å². The van der Waals surface area contributed by atoms with Crippen molar-refractivity contribution in [3.8, 4) is 0 Å². The molecule has 0 unspecified atom stereocenters. The van der Waals surface area contributed by atoms with E-state index in [0.29, 0.717) is 18.6 Å². The van der Waals surface area contributed by atoms with Gasteiger partial charge in [0, 0.05) is 25.3 Å². The highest BCUT2D eigenvalue weighted by atomic mass is 16.6. The number of rotatable bonds is 5. The van der Waals surface area contributed by atoms with Crippen LogP contribution in [0.5, 0.6) is 0 Å². The molecule has 0 radical (unpaired) electrons. The van der Waals surface area contributed by atoms with E-state index in [1.807, 2.05) is 35.7 Å². The number of fused-ring (bicyclic) bond motifs is 1. The van der Waals surface area contributed by atoms with Crippen LogP contribution in [-0.4, -0.2) is 51.3 Å². The number of ether oxygens (including phenoxy) is 1. The first-order valence-electron chi connectivity index (χ1n) is 9.07. The van der Waals surface area contributed by atoms with Gasteiger partial charge in [-0.15, -0.1) is 10.2 Å². The van der Waals surface area contributed by atoms with E-state index in [4.69, 9.17) is 4.74 Å². The van der Waals surface area contributed by atoms with Gasteiger partial charge in [0.05, 0.1) is 12.6 Å².